The Balaban J connectivity index is 3.25. The molecule has 0 aliphatic carbocycles. The highest BCUT2D eigenvalue weighted by Gasteiger charge is 2.08. The van der Waals surface area contributed by atoms with E-state index in [1.807, 2.05) is 0 Å². The molecule has 1 nitrogen and oxygen atoms in total. The van der Waals surface area contributed by atoms with E-state index < -0.39 is 0 Å². The lowest BCUT2D eigenvalue weighted by molar-refractivity contribution is 0.408. The van der Waals surface area contributed by atoms with Gasteiger partial charge < -0.3 is 4.74 Å². The minimum atomic E-state index is 0.801. The van der Waals surface area contributed by atoms with Gasteiger partial charge in [0, 0.05) is 26.3 Å². The Morgan fingerprint density at radius 3 is 1.92 bits per heavy atom. The average Bonchev–Trinajstić information content (AvgIpc) is 2.16. The van der Waals surface area contributed by atoms with E-state index >= 15 is 0 Å². The van der Waals surface area contributed by atoms with Crippen LogP contribution in [0.4, 0.5) is 0 Å². The second-order valence-electron chi connectivity index (χ2n) is 2.52. The van der Waals surface area contributed by atoms with Crippen molar-refractivity contribution in [2.45, 2.75) is 10.7 Å². The lowest BCUT2D eigenvalue weighted by Gasteiger charge is -2.11. The first-order chi connectivity index (χ1) is 6.22. The van der Waals surface area contributed by atoms with Crippen molar-refractivity contribution in [2.24, 2.45) is 0 Å². The smallest absolute Gasteiger partial charge is 0.127 e. The topological polar surface area (TPSA) is 9.23 Å². The third-order valence-electron chi connectivity index (χ3n) is 1.70. The number of hydrogen-bond acceptors (Lipinski definition) is 1. The molecule has 1 aromatic rings. The highest BCUT2D eigenvalue weighted by Crippen LogP contribution is 2.31. The van der Waals surface area contributed by atoms with Gasteiger partial charge in [-0.1, -0.05) is 47.8 Å². The lowest BCUT2D eigenvalue weighted by atomic mass is 10.1. The van der Waals surface area contributed by atoms with E-state index in [0.717, 1.165) is 32.0 Å². The molecule has 0 amide bonds. The molecule has 4 heteroatoms. The molecule has 0 N–H and O–H groups in total. The summed E-state index contributed by atoms with van der Waals surface area (Å²) in [7, 11) is 1.70. The standard InChI is InChI=1S/C9H9Br3O/c1-13-9-6(4-10)2-8(12)3-7(9)5-11/h2-3H,4-5H2,1H3. The maximum Gasteiger partial charge on any atom is 0.127 e. The summed E-state index contributed by atoms with van der Waals surface area (Å²) in [6.45, 7) is 0. The summed E-state index contributed by atoms with van der Waals surface area (Å²) < 4.78 is 6.41. The first kappa shape index (κ1) is 11.5. The minimum absolute atomic E-state index is 0.801. The third kappa shape index (κ3) is 2.70. The van der Waals surface area contributed by atoms with Gasteiger partial charge in [-0.2, -0.15) is 0 Å². The number of benzene rings is 1. The molecule has 0 saturated carbocycles. The van der Waals surface area contributed by atoms with E-state index in [0.29, 0.717) is 0 Å². The largest absolute Gasteiger partial charge is 0.496 e. The molecule has 72 valence electrons. The van der Waals surface area contributed by atoms with Crippen molar-refractivity contribution in [1.82, 2.24) is 0 Å². The molecular formula is C9H9Br3O. The van der Waals surface area contributed by atoms with Crippen LogP contribution in [0.5, 0.6) is 5.75 Å². The van der Waals surface area contributed by atoms with Crippen LogP contribution in [0, 0.1) is 0 Å². The van der Waals surface area contributed by atoms with Crippen LogP contribution in [-0.4, -0.2) is 7.11 Å². The van der Waals surface area contributed by atoms with Gasteiger partial charge in [0.1, 0.15) is 5.75 Å². The first-order valence-electron chi connectivity index (χ1n) is 3.70. The van der Waals surface area contributed by atoms with E-state index in [1.54, 1.807) is 7.11 Å². The second-order valence-corrected chi connectivity index (χ2v) is 4.56. The number of halogens is 3. The van der Waals surface area contributed by atoms with Gasteiger partial charge in [0.15, 0.2) is 0 Å². The average molecular weight is 373 g/mol. The zero-order valence-corrected chi connectivity index (χ0v) is 11.9. The van der Waals surface area contributed by atoms with Gasteiger partial charge in [-0.25, -0.2) is 0 Å². The van der Waals surface area contributed by atoms with Crippen LogP contribution in [0.3, 0.4) is 0 Å². The molecule has 0 fully saturated rings. The van der Waals surface area contributed by atoms with Gasteiger partial charge in [0.2, 0.25) is 0 Å². The van der Waals surface area contributed by atoms with Crippen molar-refractivity contribution in [3.05, 3.63) is 27.7 Å². The predicted octanol–water partition coefficient (Wildman–Crippen LogP) is 4.25. The lowest BCUT2D eigenvalue weighted by Crippen LogP contribution is -1.94. The third-order valence-corrected chi connectivity index (χ3v) is 3.37. The Bertz CT molecular complexity index is 274. The molecule has 0 radical (unpaired) electrons. The van der Waals surface area contributed by atoms with Crippen molar-refractivity contribution < 1.29 is 4.74 Å². The fourth-order valence-corrected chi connectivity index (χ4v) is 2.56. The number of rotatable bonds is 3. The summed E-state index contributed by atoms with van der Waals surface area (Å²) in [6, 6.07) is 4.11. The van der Waals surface area contributed by atoms with Crippen LogP contribution in [-0.2, 0) is 10.7 Å². The highest BCUT2D eigenvalue weighted by atomic mass is 79.9. The fraction of sp³-hybridized carbons (Fsp3) is 0.333. The van der Waals surface area contributed by atoms with E-state index in [4.69, 9.17) is 4.74 Å². The molecule has 0 heterocycles. The van der Waals surface area contributed by atoms with Gasteiger partial charge in [0.05, 0.1) is 7.11 Å². The molecular weight excluding hydrogens is 364 g/mol. The Hall–Kier alpha value is 0.460. The van der Waals surface area contributed by atoms with E-state index in [1.165, 1.54) is 0 Å². The maximum atomic E-state index is 5.33. The van der Waals surface area contributed by atoms with Crippen LogP contribution in [0.1, 0.15) is 11.1 Å². The molecule has 1 rings (SSSR count). The SMILES string of the molecule is COc1c(CBr)cc(Br)cc1CBr. The zero-order chi connectivity index (χ0) is 9.84. The van der Waals surface area contributed by atoms with Gasteiger partial charge >= 0.3 is 0 Å². The monoisotopic (exact) mass is 370 g/mol. The molecule has 0 bridgehead atoms. The summed E-state index contributed by atoms with van der Waals surface area (Å²) in [5.74, 6) is 0.956. The van der Waals surface area contributed by atoms with Crippen LogP contribution >= 0.6 is 47.8 Å². The quantitative estimate of drug-likeness (QED) is 0.721. The first-order valence-corrected chi connectivity index (χ1v) is 6.73. The van der Waals surface area contributed by atoms with Crippen molar-refractivity contribution in [2.75, 3.05) is 7.11 Å². The van der Waals surface area contributed by atoms with Crippen molar-refractivity contribution in [3.63, 3.8) is 0 Å². The summed E-state index contributed by atoms with van der Waals surface area (Å²) in [5, 5.41) is 1.60. The minimum Gasteiger partial charge on any atom is -0.496 e. The summed E-state index contributed by atoms with van der Waals surface area (Å²) >= 11 is 10.3. The number of hydrogen-bond donors (Lipinski definition) is 0. The molecule has 0 aliphatic rings. The fourth-order valence-electron chi connectivity index (χ4n) is 1.17. The molecule has 13 heavy (non-hydrogen) atoms. The van der Waals surface area contributed by atoms with E-state index in [9.17, 15) is 0 Å². The summed E-state index contributed by atoms with van der Waals surface area (Å²) in [4.78, 5) is 0. The Labute approximate surface area is 103 Å². The van der Waals surface area contributed by atoms with Gasteiger partial charge in [-0.15, -0.1) is 0 Å². The van der Waals surface area contributed by atoms with Crippen LogP contribution in [0.25, 0.3) is 0 Å². The van der Waals surface area contributed by atoms with Gasteiger partial charge in [-0.05, 0) is 12.1 Å². The van der Waals surface area contributed by atoms with Gasteiger partial charge in [0.25, 0.3) is 0 Å². The summed E-state index contributed by atoms with van der Waals surface area (Å²) in [5.41, 5.74) is 2.32. The number of ether oxygens (including phenoxy) is 1. The van der Waals surface area contributed by atoms with Crippen molar-refractivity contribution in [3.8, 4) is 5.75 Å². The van der Waals surface area contributed by atoms with Crippen LogP contribution in [0.2, 0.25) is 0 Å². The Morgan fingerprint density at radius 2 is 1.62 bits per heavy atom. The maximum absolute atomic E-state index is 5.33. The van der Waals surface area contributed by atoms with E-state index in [-0.39, 0.29) is 0 Å². The highest BCUT2D eigenvalue weighted by molar-refractivity contribution is 9.10. The molecule has 0 spiro atoms. The van der Waals surface area contributed by atoms with Crippen molar-refractivity contribution in [1.29, 1.82) is 0 Å². The molecule has 0 aromatic heterocycles. The second kappa shape index (κ2) is 5.37. The van der Waals surface area contributed by atoms with E-state index in [2.05, 4.69) is 59.9 Å². The molecule has 0 aliphatic heterocycles. The predicted molar refractivity (Wildman–Crippen MR) is 66.0 cm³/mol. The normalized spacial score (nSPS) is 10.2. The number of alkyl halides is 2. The molecule has 0 atom stereocenters. The van der Waals surface area contributed by atoms with Gasteiger partial charge in [-0.3, -0.25) is 0 Å². The Morgan fingerprint density at radius 1 is 1.15 bits per heavy atom. The molecule has 0 unspecified atom stereocenters. The van der Waals surface area contributed by atoms with Crippen molar-refractivity contribution >= 4 is 47.8 Å². The van der Waals surface area contributed by atoms with Crippen LogP contribution in [0.15, 0.2) is 16.6 Å². The molecule has 0 saturated heterocycles. The number of methoxy groups -OCH3 is 1. The zero-order valence-electron chi connectivity index (χ0n) is 7.11. The van der Waals surface area contributed by atoms with Crippen LogP contribution < -0.4 is 4.74 Å². The summed E-state index contributed by atoms with van der Waals surface area (Å²) in [6.07, 6.45) is 0. The Kier molecular flexibility index (Phi) is 4.76. The molecule has 1 aromatic carbocycles.